The highest BCUT2D eigenvalue weighted by molar-refractivity contribution is 7.99. The van der Waals surface area contributed by atoms with Gasteiger partial charge in [0.1, 0.15) is 30.1 Å². The zero-order chi connectivity index (χ0) is 33.0. The quantitative estimate of drug-likeness (QED) is 0.0400. The monoisotopic (exact) mass is 657 g/mol. The molecule has 0 saturated carbocycles. The van der Waals surface area contributed by atoms with Gasteiger partial charge >= 0.3 is 5.97 Å². The lowest BCUT2D eigenvalue weighted by Crippen LogP contribution is -2.64. The van der Waals surface area contributed by atoms with Crippen LogP contribution in [0.3, 0.4) is 0 Å². The first kappa shape index (κ1) is 38.4. The van der Waals surface area contributed by atoms with E-state index in [9.17, 15) is 39.8 Å². The summed E-state index contributed by atoms with van der Waals surface area (Å²) < 4.78 is 16.4. The predicted octanol–water partition coefficient (Wildman–Crippen LogP) is 2.21. The van der Waals surface area contributed by atoms with Crippen LogP contribution in [0.15, 0.2) is 24.3 Å². The second-order valence-electron chi connectivity index (χ2n) is 10.8. The van der Waals surface area contributed by atoms with E-state index in [1.165, 1.54) is 31.2 Å². The third-order valence-corrected chi connectivity index (χ3v) is 8.17. The third kappa shape index (κ3) is 15.3. The molecule has 0 aromatic heterocycles. The molecular weight excluding hydrogens is 610 g/mol. The molecule has 1 aliphatic heterocycles. The van der Waals surface area contributed by atoms with Gasteiger partial charge in [0.05, 0.1) is 11.5 Å². The number of aliphatic hydroxyl groups excluding tert-OH is 3. The molecule has 1 aromatic rings. The van der Waals surface area contributed by atoms with Gasteiger partial charge in [-0.3, -0.25) is 24.5 Å². The summed E-state index contributed by atoms with van der Waals surface area (Å²) in [4.78, 5) is 45.5. The SMILES string of the molecule is CC(=O)NC1[C@@H](OCCCCCCCCSCCNC(=O)CCCCC(=O)Oc2ccc([N+](=O)[O-])cc2)OC(CO)[C@@H](O)[C@@H]1O. The van der Waals surface area contributed by atoms with Gasteiger partial charge in [0.2, 0.25) is 11.8 Å². The van der Waals surface area contributed by atoms with Gasteiger partial charge in [0.25, 0.3) is 5.69 Å². The molecule has 0 spiro atoms. The molecule has 1 fully saturated rings. The number of nitrogens with one attached hydrogen (secondary N) is 2. The highest BCUT2D eigenvalue weighted by atomic mass is 32.2. The maximum absolute atomic E-state index is 12.0. The summed E-state index contributed by atoms with van der Waals surface area (Å²) in [6, 6.07) is 4.37. The van der Waals surface area contributed by atoms with Crippen molar-refractivity contribution in [3.8, 4) is 5.75 Å². The molecule has 45 heavy (non-hydrogen) atoms. The number of nitrogens with zero attached hydrogens (tertiary/aromatic N) is 1. The van der Waals surface area contributed by atoms with E-state index in [0.29, 0.717) is 32.4 Å². The molecule has 2 rings (SSSR count). The van der Waals surface area contributed by atoms with Crippen molar-refractivity contribution in [2.24, 2.45) is 0 Å². The molecule has 5 atom stereocenters. The molecule has 1 saturated heterocycles. The van der Waals surface area contributed by atoms with Gasteiger partial charge in [-0.25, -0.2) is 0 Å². The molecule has 2 unspecified atom stereocenters. The minimum atomic E-state index is -1.33. The molecule has 0 aliphatic carbocycles. The summed E-state index contributed by atoms with van der Waals surface area (Å²) in [5.74, 6) is 1.21. The van der Waals surface area contributed by atoms with E-state index in [0.717, 1.165) is 50.0 Å². The standard InChI is InChI=1S/C30H47N3O11S/c1-21(35)32-27-29(39)28(38)24(20-34)44-30(27)42-17-8-4-2-3-5-9-18-45-19-16-31-25(36)10-6-7-11-26(37)43-23-14-12-22(13-15-23)33(40)41/h12-15,24,27-30,34,38-39H,2-11,16-20H2,1H3,(H,31,36)(H,32,35)/t24?,27?,28-,29-,30+/m1/s1. The number of nitro groups is 1. The van der Waals surface area contributed by atoms with E-state index in [2.05, 4.69) is 10.6 Å². The largest absolute Gasteiger partial charge is 0.427 e. The normalized spacial score (nSPS) is 21.2. The van der Waals surface area contributed by atoms with E-state index >= 15 is 0 Å². The molecule has 1 aromatic carbocycles. The van der Waals surface area contributed by atoms with E-state index in [-0.39, 0.29) is 29.7 Å². The Morgan fingerprint density at radius 3 is 2.29 bits per heavy atom. The molecule has 15 heteroatoms. The number of carbonyl (C=O) groups is 3. The van der Waals surface area contributed by atoms with Crippen LogP contribution in [0, 0.1) is 10.1 Å². The van der Waals surface area contributed by atoms with E-state index in [1.54, 1.807) is 11.8 Å². The van der Waals surface area contributed by atoms with Crippen LogP contribution in [-0.2, 0) is 23.9 Å². The first-order valence-corrected chi connectivity index (χ1v) is 16.6. The van der Waals surface area contributed by atoms with Crippen molar-refractivity contribution >= 4 is 35.2 Å². The van der Waals surface area contributed by atoms with Crippen molar-refractivity contribution in [1.82, 2.24) is 10.6 Å². The fourth-order valence-corrected chi connectivity index (χ4v) is 5.51. The molecule has 5 N–H and O–H groups in total. The topological polar surface area (TPSA) is 207 Å². The Morgan fingerprint density at radius 1 is 0.956 bits per heavy atom. The zero-order valence-electron chi connectivity index (χ0n) is 25.8. The molecule has 1 aliphatic rings. The van der Waals surface area contributed by atoms with E-state index < -0.39 is 48.1 Å². The second-order valence-corrected chi connectivity index (χ2v) is 12.0. The Morgan fingerprint density at radius 2 is 1.62 bits per heavy atom. The number of carbonyl (C=O) groups excluding carboxylic acids is 3. The number of nitro benzene ring substituents is 1. The Hall–Kier alpha value is -2.82. The molecule has 254 valence electrons. The lowest BCUT2D eigenvalue weighted by atomic mass is 9.97. The van der Waals surface area contributed by atoms with E-state index in [1.807, 2.05) is 0 Å². The number of esters is 1. The van der Waals surface area contributed by atoms with Crippen LogP contribution in [0.5, 0.6) is 5.75 Å². The lowest BCUT2D eigenvalue weighted by Gasteiger charge is -2.42. The van der Waals surface area contributed by atoms with Gasteiger partial charge in [-0.05, 0) is 43.6 Å². The van der Waals surface area contributed by atoms with Gasteiger partial charge in [0.15, 0.2) is 6.29 Å². The second kappa shape index (κ2) is 21.8. The number of unbranched alkanes of at least 4 members (excludes halogenated alkanes) is 6. The molecule has 14 nitrogen and oxygen atoms in total. The first-order valence-electron chi connectivity index (χ1n) is 15.4. The highest BCUT2D eigenvalue weighted by Gasteiger charge is 2.45. The van der Waals surface area contributed by atoms with Crippen molar-refractivity contribution < 1.29 is 48.8 Å². The number of non-ortho nitro benzene ring substituents is 1. The summed E-state index contributed by atoms with van der Waals surface area (Å²) >= 11 is 1.79. The number of aliphatic hydroxyl groups is 3. The summed E-state index contributed by atoms with van der Waals surface area (Å²) in [5.41, 5.74) is -0.0801. The summed E-state index contributed by atoms with van der Waals surface area (Å²) in [6.07, 6.45) is 3.02. The fourth-order valence-electron chi connectivity index (χ4n) is 4.65. The number of hydrogen-bond donors (Lipinski definition) is 5. The number of hydrogen-bond acceptors (Lipinski definition) is 12. The van der Waals surface area contributed by atoms with Crippen LogP contribution in [0.2, 0.25) is 0 Å². The maximum Gasteiger partial charge on any atom is 0.311 e. The van der Waals surface area contributed by atoms with Crippen molar-refractivity contribution in [2.45, 2.75) is 102 Å². The average Bonchev–Trinajstić information content (AvgIpc) is 3.01. The number of rotatable bonds is 22. The number of amides is 2. The number of thioether (sulfide) groups is 1. The van der Waals surface area contributed by atoms with Crippen molar-refractivity contribution in [3.05, 3.63) is 34.4 Å². The minimum Gasteiger partial charge on any atom is -0.427 e. The molecule has 2 amide bonds. The Balaban J connectivity index is 1.40. The van der Waals surface area contributed by atoms with Crippen LogP contribution in [0.25, 0.3) is 0 Å². The lowest BCUT2D eigenvalue weighted by molar-refractivity contribution is -0.384. The van der Waals surface area contributed by atoms with Crippen LogP contribution in [0.1, 0.15) is 71.1 Å². The average molecular weight is 658 g/mol. The number of ether oxygens (including phenoxy) is 3. The van der Waals surface area contributed by atoms with Crippen molar-refractivity contribution in [3.63, 3.8) is 0 Å². The fraction of sp³-hybridized carbons (Fsp3) is 0.700. The van der Waals surface area contributed by atoms with Gasteiger partial charge in [-0.15, -0.1) is 0 Å². The molecular formula is C30H47N3O11S. The predicted molar refractivity (Wildman–Crippen MR) is 167 cm³/mol. The van der Waals surface area contributed by atoms with Gasteiger partial charge in [0, 0.05) is 50.8 Å². The van der Waals surface area contributed by atoms with Gasteiger partial charge in [-0.2, -0.15) is 11.8 Å². The molecule has 0 bridgehead atoms. The highest BCUT2D eigenvalue weighted by Crippen LogP contribution is 2.23. The maximum atomic E-state index is 12.0. The van der Waals surface area contributed by atoms with Crippen molar-refractivity contribution in [2.75, 3.05) is 31.3 Å². The Bertz CT molecular complexity index is 1050. The Kier molecular flexibility index (Phi) is 18.6. The summed E-state index contributed by atoms with van der Waals surface area (Å²) in [6.45, 7) is 1.78. The molecule has 1 heterocycles. The van der Waals surface area contributed by atoms with Crippen LogP contribution < -0.4 is 15.4 Å². The van der Waals surface area contributed by atoms with E-state index in [4.69, 9.17) is 14.2 Å². The molecule has 0 radical (unpaired) electrons. The Labute approximate surface area is 267 Å². The smallest absolute Gasteiger partial charge is 0.311 e. The van der Waals surface area contributed by atoms with Gasteiger partial charge in [-0.1, -0.05) is 25.7 Å². The first-order chi connectivity index (χ1) is 21.6. The van der Waals surface area contributed by atoms with Crippen molar-refractivity contribution in [1.29, 1.82) is 0 Å². The van der Waals surface area contributed by atoms with Gasteiger partial charge < -0.3 is 40.2 Å². The minimum absolute atomic E-state index is 0.0500. The zero-order valence-corrected chi connectivity index (χ0v) is 26.6. The summed E-state index contributed by atoms with van der Waals surface area (Å²) in [7, 11) is 0. The van der Waals surface area contributed by atoms with Crippen LogP contribution in [-0.4, -0.2) is 99.9 Å². The summed E-state index contributed by atoms with van der Waals surface area (Å²) in [5, 5.41) is 45.8. The number of benzene rings is 1. The van der Waals surface area contributed by atoms with Crippen LogP contribution >= 0.6 is 11.8 Å². The van der Waals surface area contributed by atoms with Crippen LogP contribution in [0.4, 0.5) is 5.69 Å². The third-order valence-electron chi connectivity index (χ3n) is 7.10.